The van der Waals surface area contributed by atoms with Gasteiger partial charge in [-0.2, -0.15) is 0 Å². The first kappa shape index (κ1) is 11.9. The summed E-state index contributed by atoms with van der Waals surface area (Å²) in [5.74, 6) is 0.760. The molecule has 1 atom stereocenters. The van der Waals surface area contributed by atoms with Crippen LogP contribution in [0.25, 0.3) is 0 Å². The summed E-state index contributed by atoms with van der Waals surface area (Å²) in [6, 6.07) is 3.91. The van der Waals surface area contributed by atoms with Gasteiger partial charge < -0.3 is 15.8 Å². The maximum atomic E-state index is 11.9. The normalized spacial score (nSPS) is 18.5. The van der Waals surface area contributed by atoms with Crippen molar-refractivity contribution in [3.8, 4) is 5.75 Å². The summed E-state index contributed by atoms with van der Waals surface area (Å²) in [6.07, 6.45) is 1.48. The Morgan fingerprint density at radius 1 is 1.53 bits per heavy atom. The number of aryl methyl sites for hydroxylation is 1. The zero-order valence-electron chi connectivity index (χ0n) is 10.2. The standard InChI is InChI=1S/C13H18N2O2/c1-8-3-4-11(17-2)12-10(8)7-9(5-6-14)13(16)15-12/h3-4,9H,5-7,14H2,1-2H3,(H,15,16). The van der Waals surface area contributed by atoms with Crippen molar-refractivity contribution in [2.45, 2.75) is 19.8 Å². The van der Waals surface area contributed by atoms with Gasteiger partial charge in [-0.15, -0.1) is 0 Å². The summed E-state index contributed by atoms with van der Waals surface area (Å²) < 4.78 is 5.27. The minimum Gasteiger partial charge on any atom is -0.495 e. The van der Waals surface area contributed by atoms with E-state index in [4.69, 9.17) is 10.5 Å². The van der Waals surface area contributed by atoms with Gasteiger partial charge in [0.15, 0.2) is 0 Å². The quantitative estimate of drug-likeness (QED) is 0.832. The number of benzene rings is 1. The summed E-state index contributed by atoms with van der Waals surface area (Å²) in [6.45, 7) is 2.59. The van der Waals surface area contributed by atoms with Gasteiger partial charge in [0.2, 0.25) is 5.91 Å². The number of methoxy groups -OCH3 is 1. The van der Waals surface area contributed by atoms with Crippen molar-refractivity contribution in [2.24, 2.45) is 11.7 Å². The van der Waals surface area contributed by atoms with E-state index in [-0.39, 0.29) is 11.8 Å². The van der Waals surface area contributed by atoms with E-state index in [1.165, 1.54) is 11.1 Å². The van der Waals surface area contributed by atoms with Crippen LogP contribution in [0.3, 0.4) is 0 Å². The molecule has 2 rings (SSSR count). The van der Waals surface area contributed by atoms with E-state index in [1.54, 1.807) is 7.11 Å². The van der Waals surface area contributed by atoms with Gasteiger partial charge in [0.1, 0.15) is 5.75 Å². The molecule has 4 nitrogen and oxygen atoms in total. The number of nitrogens with one attached hydrogen (secondary N) is 1. The lowest BCUT2D eigenvalue weighted by atomic mass is 9.88. The first-order valence-corrected chi connectivity index (χ1v) is 5.84. The van der Waals surface area contributed by atoms with E-state index in [9.17, 15) is 4.79 Å². The second-order valence-corrected chi connectivity index (χ2v) is 4.41. The summed E-state index contributed by atoms with van der Waals surface area (Å²) in [5.41, 5.74) is 8.71. The van der Waals surface area contributed by atoms with E-state index in [2.05, 4.69) is 12.2 Å². The monoisotopic (exact) mass is 234 g/mol. The number of hydrogen-bond acceptors (Lipinski definition) is 3. The summed E-state index contributed by atoms with van der Waals surface area (Å²) in [5, 5.41) is 2.94. The Morgan fingerprint density at radius 2 is 2.29 bits per heavy atom. The van der Waals surface area contributed by atoms with Gasteiger partial charge >= 0.3 is 0 Å². The molecular formula is C13H18N2O2. The van der Waals surface area contributed by atoms with Gasteiger partial charge in [0.05, 0.1) is 12.8 Å². The molecule has 1 unspecified atom stereocenters. The molecule has 0 aliphatic carbocycles. The molecule has 1 aromatic carbocycles. The number of hydrogen-bond donors (Lipinski definition) is 2. The van der Waals surface area contributed by atoms with Crippen molar-refractivity contribution < 1.29 is 9.53 Å². The Balaban J connectivity index is 2.40. The lowest BCUT2D eigenvalue weighted by Gasteiger charge is -2.27. The molecule has 92 valence electrons. The number of nitrogens with two attached hydrogens (primary N) is 1. The minimum atomic E-state index is -0.0155. The molecule has 0 radical (unpaired) electrons. The van der Waals surface area contributed by atoms with Gasteiger partial charge in [-0.3, -0.25) is 4.79 Å². The van der Waals surface area contributed by atoms with Gasteiger partial charge in [-0.1, -0.05) is 6.07 Å². The van der Waals surface area contributed by atoms with Gasteiger partial charge in [0.25, 0.3) is 0 Å². The van der Waals surface area contributed by atoms with Crippen molar-refractivity contribution >= 4 is 11.6 Å². The third-order valence-corrected chi connectivity index (χ3v) is 3.31. The smallest absolute Gasteiger partial charge is 0.227 e. The van der Waals surface area contributed by atoms with Crippen LogP contribution in [0, 0.1) is 12.8 Å². The Hall–Kier alpha value is -1.55. The molecule has 0 spiro atoms. The van der Waals surface area contributed by atoms with Gasteiger partial charge in [0, 0.05) is 5.92 Å². The van der Waals surface area contributed by atoms with E-state index >= 15 is 0 Å². The molecule has 0 bridgehead atoms. The molecule has 1 heterocycles. The van der Waals surface area contributed by atoms with Crippen LogP contribution < -0.4 is 15.8 Å². The highest BCUT2D eigenvalue weighted by Crippen LogP contribution is 2.36. The molecule has 0 aromatic heterocycles. The topological polar surface area (TPSA) is 64.3 Å². The summed E-state index contributed by atoms with van der Waals surface area (Å²) in [7, 11) is 1.61. The van der Waals surface area contributed by atoms with Crippen LogP contribution in [0.15, 0.2) is 12.1 Å². The number of fused-ring (bicyclic) bond motifs is 1. The van der Waals surface area contributed by atoms with Gasteiger partial charge in [-0.05, 0) is 43.5 Å². The van der Waals surface area contributed by atoms with Crippen molar-refractivity contribution in [3.05, 3.63) is 23.3 Å². The SMILES string of the molecule is COc1ccc(C)c2c1NC(=O)C(CCN)C2. The lowest BCUT2D eigenvalue weighted by molar-refractivity contribution is -0.120. The number of anilines is 1. The fraction of sp³-hybridized carbons (Fsp3) is 0.462. The third kappa shape index (κ3) is 2.13. The minimum absolute atomic E-state index is 0.0155. The molecule has 0 saturated heterocycles. The van der Waals surface area contributed by atoms with Crippen LogP contribution in [0.1, 0.15) is 17.5 Å². The number of rotatable bonds is 3. The molecule has 1 amide bonds. The molecule has 1 aromatic rings. The zero-order valence-corrected chi connectivity index (χ0v) is 10.2. The highest BCUT2D eigenvalue weighted by atomic mass is 16.5. The van der Waals surface area contributed by atoms with Crippen molar-refractivity contribution in [1.82, 2.24) is 0 Å². The molecule has 17 heavy (non-hydrogen) atoms. The third-order valence-electron chi connectivity index (χ3n) is 3.31. The molecule has 4 heteroatoms. The summed E-state index contributed by atoms with van der Waals surface area (Å²) >= 11 is 0. The second kappa shape index (κ2) is 4.75. The molecule has 1 aliphatic rings. The molecule has 1 aliphatic heterocycles. The largest absolute Gasteiger partial charge is 0.495 e. The number of amides is 1. The first-order valence-electron chi connectivity index (χ1n) is 5.84. The first-order chi connectivity index (χ1) is 8.17. The van der Waals surface area contributed by atoms with Crippen LogP contribution in [0.4, 0.5) is 5.69 Å². The maximum Gasteiger partial charge on any atom is 0.227 e. The Kier molecular flexibility index (Phi) is 3.33. The van der Waals surface area contributed by atoms with Crippen LogP contribution in [-0.4, -0.2) is 19.6 Å². The second-order valence-electron chi connectivity index (χ2n) is 4.41. The average molecular weight is 234 g/mol. The van der Waals surface area contributed by atoms with Crippen molar-refractivity contribution in [2.75, 3.05) is 19.0 Å². The van der Waals surface area contributed by atoms with Crippen molar-refractivity contribution in [1.29, 1.82) is 0 Å². The number of carbonyl (C=O) groups excluding carboxylic acids is 1. The van der Waals surface area contributed by atoms with Gasteiger partial charge in [-0.25, -0.2) is 0 Å². The molecular weight excluding hydrogens is 216 g/mol. The van der Waals surface area contributed by atoms with Crippen LogP contribution in [-0.2, 0) is 11.2 Å². The predicted octanol–water partition coefficient (Wildman–Crippen LogP) is 1.46. The van der Waals surface area contributed by atoms with E-state index in [1.807, 2.05) is 12.1 Å². The van der Waals surface area contributed by atoms with Crippen LogP contribution in [0.5, 0.6) is 5.75 Å². The molecule has 3 N–H and O–H groups in total. The van der Waals surface area contributed by atoms with Crippen molar-refractivity contribution in [3.63, 3.8) is 0 Å². The Morgan fingerprint density at radius 3 is 2.94 bits per heavy atom. The Labute approximate surface area is 101 Å². The van der Waals surface area contributed by atoms with E-state index in [0.717, 1.165) is 24.3 Å². The fourth-order valence-corrected chi connectivity index (χ4v) is 2.30. The molecule has 0 fully saturated rings. The highest BCUT2D eigenvalue weighted by molar-refractivity contribution is 5.97. The van der Waals surface area contributed by atoms with E-state index < -0.39 is 0 Å². The fourth-order valence-electron chi connectivity index (χ4n) is 2.30. The summed E-state index contributed by atoms with van der Waals surface area (Å²) in [4.78, 5) is 11.9. The highest BCUT2D eigenvalue weighted by Gasteiger charge is 2.28. The van der Waals surface area contributed by atoms with E-state index in [0.29, 0.717) is 6.54 Å². The van der Waals surface area contributed by atoms with Crippen LogP contribution in [0.2, 0.25) is 0 Å². The van der Waals surface area contributed by atoms with Crippen LogP contribution >= 0.6 is 0 Å². The number of ether oxygens (including phenoxy) is 1. The average Bonchev–Trinajstić information content (AvgIpc) is 2.32. The zero-order chi connectivity index (χ0) is 12.4. The maximum absolute atomic E-state index is 11.9. The predicted molar refractivity (Wildman–Crippen MR) is 67.2 cm³/mol. The number of carbonyl (C=O) groups is 1. The lowest BCUT2D eigenvalue weighted by Crippen LogP contribution is -2.32. The molecule has 0 saturated carbocycles. The Bertz CT molecular complexity index is 443.